The van der Waals surface area contributed by atoms with Gasteiger partial charge in [-0.2, -0.15) is 0 Å². The summed E-state index contributed by atoms with van der Waals surface area (Å²) in [7, 11) is 1.40. The Morgan fingerprint density at radius 1 is 1.13 bits per heavy atom. The predicted octanol–water partition coefficient (Wildman–Crippen LogP) is 3.06. The highest BCUT2D eigenvalue weighted by Crippen LogP contribution is 2.30. The number of para-hydroxylation sites is 1. The second kappa shape index (κ2) is 14.8. The molecule has 1 fully saturated rings. The van der Waals surface area contributed by atoms with Crippen molar-refractivity contribution in [3.05, 3.63) is 48.3 Å². The molecule has 0 unspecified atom stereocenters. The largest absolute Gasteiger partial charge is 0.493 e. The number of nitrogens with one attached hydrogen (secondary N) is 1. The van der Waals surface area contributed by atoms with E-state index in [-0.39, 0.29) is 29.9 Å². The molecule has 11 nitrogen and oxygen atoms in total. The number of cyclic esters (lactones) is 1. The number of esters is 2. The second-order valence-corrected chi connectivity index (χ2v) is 8.53. The van der Waals surface area contributed by atoms with E-state index in [1.165, 1.54) is 19.4 Å². The summed E-state index contributed by atoms with van der Waals surface area (Å²) < 4.78 is 32.5. The molecule has 206 valence electrons. The van der Waals surface area contributed by atoms with Crippen molar-refractivity contribution >= 4 is 17.8 Å². The van der Waals surface area contributed by atoms with Gasteiger partial charge in [0.15, 0.2) is 17.2 Å². The van der Waals surface area contributed by atoms with Gasteiger partial charge < -0.3 is 33.7 Å². The van der Waals surface area contributed by atoms with Crippen molar-refractivity contribution in [1.82, 2.24) is 10.3 Å². The van der Waals surface area contributed by atoms with E-state index >= 15 is 0 Å². The summed E-state index contributed by atoms with van der Waals surface area (Å²) in [6.07, 6.45) is 3.06. The predicted molar refractivity (Wildman–Crippen MR) is 135 cm³/mol. The molecule has 3 rings (SSSR count). The van der Waals surface area contributed by atoms with Gasteiger partial charge in [-0.05, 0) is 45.2 Å². The van der Waals surface area contributed by atoms with E-state index in [4.69, 9.17) is 28.4 Å². The molecule has 0 spiro atoms. The standard InChI is InChI=1S/C27H34N2O9/c1-4-34-16-23(30)35-17-36-25-22(33-3)14-15-28-24(25)26(31)29-20-12-8-9-13-21(18(2)37-27(20)32)38-19-10-6-5-7-11-19/h5-7,10-11,14-15,18,20-21H,4,8-9,12-13,16-17H2,1-3H3,(H,29,31)/t18-,20-,21+/m0/s1. The molecule has 1 aliphatic heterocycles. The fourth-order valence-electron chi connectivity index (χ4n) is 3.85. The smallest absolute Gasteiger partial charge is 0.334 e. The Labute approximate surface area is 221 Å². The Hall–Kier alpha value is -3.86. The molecular weight excluding hydrogens is 496 g/mol. The maximum Gasteiger partial charge on any atom is 0.334 e. The average molecular weight is 531 g/mol. The molecule has 0 saturated carbocycles. The number of ether oxygens (including phenoxy) is 6. The van der Waals surface area contributed by atoms with Crippen molar-refractivity contribution < 1.29 is 42.8 Å². The summed E-state index contributed by atoms with van der Waals surface area (Å²) in [5.41, 5.74) is -0.129. The number of aromatic nitrogens is 1. The molecule has 0 aliphatic carbocycles. The third kappa shape index (κ3) is 8.34. The van der Waals surface area contributed by atoms with Gasteiger partial charge >= 0.3 is 11.9 Å². The minimum absolute atomic E-state index is 0.0298. The first-order valence-electron chi connectivity index (χ1n) is 12.5. The van der Waals surface area contributed by atoms with Gasteiger partial charge in [-0.15, -0.1) is 0 Å². The van der Waals surface area contributed by atoms with Crippen LogP contribution in [0.15, 0.2) is 42.6 Å². The number of carbonyl (C=O) groups is 3. The lowest BCUT2D eigenvalue weighted by Gasteiger charge is -2.25. The van der Waals surface area contributed by atoms with Crippen LogP contribution in [0, 0.1) is 0 Å². The quantitative estimate of drug-likeness (QED) is 0.341. The van der Waals surface area contributed by atoms with Crippen LogP contribution in [0.2, 0.25) is 0 Å². The molecule has 1 aromatic heterocycles. The summed E-state index contributed by atoms with van der Waals surface area (Å²) >= 11 is 0. The zero-order valence-corrected chi connectivity index (χ0v) is 21.8. The van der Waals surface area contributed by atoms with Crippen LogP contribution in [0.1, 0.15) is 50.0 Å². The van der Waals surface area contributed by atoms with Crippen LogP contribution in [-0.2, 0) is 23.8 Å². The molecule has 2 aromatic rings. The van der Waals surface area contributed by atoms with Crippen molar-refractivity contribution in [3.8, 4) is 17.2 Å². The Balaban J connectivity index is 1.66. The molecule has 1 amide bonds. The first-order valence-corrected chi connectivity index (χ1v) is 12.5. The highest BCUT2D eigenvalue weighted by molar-refractivity contribution is 5.98. The zero-order valence-electron chi connectivity index (χ0n) is 21.8. The van der Waals surface area contributed by atoms with E-state index in [1.54, 1.807) is 13.8 Å². The van der Waals surface area contributed by atoms with Gasteiger partial charge in [-0.25, -0.2) is 14.6 Å². The molecular formula is C27H34N2O9. The van der Waals surface area contributed by atoms with Crippen LogP contribution < -0.4 is 19.5 Å². The van der Waals surface area contributed by atoms with Gasteiger partial charge in [0.1, 0.15) is 30.6 Å². The van der Waals surface area contributed by atoms with Gasteiger partial charge in [-0.3, -0.25) is 4.79 Å². The van der Waals surface area contributed by atoms with Gasteiger partial charge in [0.2, 0.25) is 6.79 Å². The SMILES string of the molecule is CCOCC(=O)OCOc1c(OC)ccnc1C(=O)N[C@H]1CCCC[C@@H](Oc2ccccc2)[C@H](C)OC1=O. The number of rotatable bonds is 11. The first kappa shape index (κ1) is 28.7. The van der Waals surface area contributed by atoms with E-state index in [0.29, 0.717) is 31.6 Å². The molecule has 3 atom stereocenters. The maximum atomic E-state index is 13.2. The summed E-state index contributed by atoms with van der Waals surface area (Å²) in [5, 5.41) is 2.70. The molecule has 1 aromatic carbocycles. The Kier molecular flexibility index (Phi) is 11.2. The summed E-state index contributed by atoms with van der Waals surface area (Å²) in [4.78, 5) is 42.0. The van der Waals surface area contributed by atoms with Crippen LogP contribution in [-0.4, -0.2) is 68.2 Å². The Bertz CT molecular complexity index is 1060. The molecule has 2 heterocycles. The molecule has 1 N–H and O–H groups in total. The van der Waals surface area contributed by atoms with Crippen molar-refractivity contribution in [2.24, 2.45) is 0 Å². The van der Waals surface area contributed by atoms with Gasteiger partial charge in [-0.1, -0.05) is 24.6 Å². The van der Waals surface area contributed by atoms with Gasteiger partial charge in [0.05, 0.1) is 7.11 Å². The van der Waals surface area contributed by atoms with Crippen molar-refractivity contribution in [2.45, 2.75) is 57.8 Å². The zero-order chi connectivity index (χ0) is 27.3. The third-order valence-electron chi connectivity index (χ3n) is 5.83. The topological polar surface area (TPSA) is 132 Å². The van der Waals surface area contributed by atoms with Crippen LogP contribution in [0.3, 0.4) is 0 Å². The summed E-state index contributed by atoms with van der Waals surface area (Å²) in [6.45, 7) is 3.18. The first-order chi connectivity index (χ1) is 18.4. The number of benzene rings is 1. The van der Waals surface area contributed by atoms with E-state index in [1.807, 2.05) is 30.3 Å². The number of methoxy groups -OCH3 is 1. The lowest BCUT2D eigenvalue weighted by molar-refractivity contribution is -0.156. The lowest BCUT2D eigenvalue weighted by atomic mass is 10.0. The highest BCUT2D eigenvalue weighted by Gasteiger charge is 2.31. The summed E-state index contributed by atoms with van der Waals surface area (Å²) in [5.74, 6) is -0.979. The lowest BCUT2D eigenvalue weighted by Crippen LogP contribution is -2.44. The molecule has 1 aliphatic rings. The number of amides is 1. The van der Waals surface area contributed by atoms with E-state index in [9.17, 15) is 14.4 Å². The van der Waals surface area contributed by atoms with Crippen molar-refractivity contribution in [3.63, 3.8) is 0 Å². The van der Waals surface area contributed by atoms with Crippen molar-refractivity contribution in [1.29, 1.82) is 0 Å². The highest BCUT2D eigenvalue weighted by atomic mass is 16.7. The Morgan fingerprint density at radius 2 is 1.89 bits per heavy atom. The molecule has 1 saturated heterocycles. The molecule has 11 heteroatoms. The van der Waals surface area contributed by atoms with Crippen LogP contribution in [0.25, 0.3) is 0 Å². The number of nitrogens with zero attached hydrogens (tertiary/aromatic N) is 1. The number of hydrogen-bond donors (Lipinski definition) is 1. The molecule has 0 bridgehead atoms. The fourth-order valence-corrected chi connectivity index (χ4v) is 3.85. The number of pyridine rings is 1. The number of carbonyl (C=O) groups excluding carboxylic acids is 3. The van der Waals surface area contributed by atoms with Gasteiger partial charge in [0, 0.05) is 18.9 Å². The molecule has 38 heavy (non-hydrogen) atoms. The minimum Gasteiger partial charge on any atom is -0.493 e. The Morgan fingerprint density at radius 3 is 2.63 bits per heavy atom. The van der Waals surface area contributed by atoms with E-state index in [0.717, 1.165) is 6.42 Å². The second-order valence-electron chi connectivity index (χ2n) is 8.53. The van der Waals surface area contributed by atoms with Crippen LogP contribution in [0.4, 0.5) is 0 Å². The van der Waals surface area contributed by atoms with E-state index in [2.05, 4.69) is 10.3 Å². The van der Waals surface area contributed by atoms with Crippen molar-refractivity contribution in [2.75, 3.05) is 27.1 Å². The number of hydrogen-bond acceptors (Lipinski definition) is 10. The fraction of sp³-hybridized carbons (Fsp3) is 0.481. The normalized spacial score (nSPS) is 19.7. The van der Waals surface area contributed by atoms with Gasteiger partial charge in [0.25, 0.3) is 5.91 Å². The molecule has 0 radical (unpaired) electrons. The third-order valence-corrected chi connectivity index (χ3v) is 5.83. The maximum absolute atomic E-state index is 13.2. The summed E-state index contributed by atoms with van der Waals surface area (Å²) in [6, 6.07) is 9.96. The minimum atomic E-state index is -0.898. The average Bonchev–Trinajstić information content (AvgIpc) is 2.98. The van der Waals surface area contributed by atoms with E-state index < -0.39 is 36.8 Å². The monoisotopic (exact) mass is 530 g/mol. The van der Waals surface area contributed by atoms with Crippen LogP contribution in [0.5, 0.6) is 17.2 Å². The van der Waals surface area contributed by atoms with Crippen LogP contribution >= 0.6 is 0 Å².